The van der Waals surface area contributed by atoms with E-state index in [1.54, 1.807) is 0 Å². The lowest BCUT2D eigenvalue weighted by molar-refractivity contribution is 0.339. The minimum Gasteiger partial charge on any atom is -0.494 e. The van der Waals surface area contributed by atoms with Crippen LogP contribution in [0.3, 0.4) is 0 Å². The SMILES string of the molecule is CCOc1cccc(C(NN)c2cc(C)nn2CC)c1. The lowest BCUT2D eigenvalue weighted by atomic mass is 10.0. The van der Waals surface area contributed by atoms with Crippen LogP contribution in [-0.2, 0) is 6.54 Å². The van der Waals surface area contributed by atoms with E-state index in [2.05, 4.69) is 23.5 Å². The Balaban J connectivity index is 2.38. The molecule has 0 saturated carbocycles. The van der Waals surface area contributed by atoms with Crippen LogP contribution < -0.4 is 16.0 Å². The summed E-state index contributed by atoms with van der Waals surface area (Å²) < 4.78 is 7.51. The maximum Gasteiger partial charge on any atom is 0.119 e. The maximum atomic E-state index is 5.76. The minimum absolute atomic E-state index is 0.100. The largest absolute Gasteiger partial charge is 0.494 e. The first-order chi connectivity index (χ1) is 9.69. The molecule has 0 aliphatic carbocycles. The van der Waals surface area contributed by atoms with Gasteiger partial charge in [0.25, 0.3) is 0 Å². The number of rotatable bonds is 6. The Morgan fingerprint density at radius 1 is 1.35 bits per heavy atom. The zero-order valence-electron chi connectivity index (χ0n) is 12.3. The molecule has 5 heteroatoms. The molecule has 1 aromatic heterocycles. The summed E-state index contributed by atoms with van der Waals surface area (Å²) in [5.41, 5.74) is 5.98. The first-order valence-electron chi connectivity index (χ1n) is 6.92. The Kier molecular flexibility index (Phi) is 4.76. The third-order valence-corrected chi connectivity index (χ3v) is 3.20. The van der Waals surface area contributed by atoms with Crippen molar-refractivity contribution in [2.45, 2.75) is 33.4 Å². The van der Waals surface area contributed by atoms with Crippen molar-refractivity contribution in [2.75, 3.05) is 6.61 Å². The van der Waals surface area contributed by atoms with E-state index in [1.807, 2.05) is 42.8 Å². The lowest BCUT2D eigenvalue weighted by Gasteiger charge is -2.18. The highest BCUT2D eigenvalue weighted by molar-refractivity contribution is 5.35. The molecule has 1 atom stereocenters. The van der Waals surface area contributed by atoms with Gasteiger partial charge in [-0.3, -0.25) is 10.5 Å². The molecule has 5 nitrogen and oxygen atoms in total. The summed E-state index contributed by atoms with van der Waals surface area (Å²) in [4.78, 5) is 0. The Hall–Kier alpha value is -1.85. The smallest absolute Gasteiger partial charge is 0.119 e. The molecular formula is C15H22N4O. The van der Waals surface area contributed by atoms with Crippen LogP contribution in [0.2, 0.25) is 0 Å². The van der Waals surface area contributed by atoms with Crippen molar-refractivity contribution in [1.82, 2.24) is 15.2 Å². The van der Waals surface area contributed by atoms with Crippen LogP contribution in [-0.4, -0.2) is 16.4 Å². The van der Waals surface area contributed by atoms with E-state index in [1.165, 1.54) is 0 Å². The van der Waals surface area contributed by atoms with Gasteiger partial charge in [-0.15, -0.1) is 0 Å². The van der Waals surface area contributed by atoms with E-state index in [0.29, 0.717) is 6.61 Å². The fourth-order valence-corrected chi connectivity index (χ4v) is 2.35. The number of nitrogens with one attached hydrogen (secondary N) is 1. The number of hydrogen-bond acceptors (Lipinski definition) is 4. The summed E-state index contributed by atoms with van der Waals surface area (Å²) in [6.45, 7) is 7.49. The molecule has 0 aliphatic heterocycles. The van der Waals surface area contributed by atoms with Gasteiger partial charge in [-0.1, -0.05) is 12.1 Å². The topological polar surface area (TPSA) is 65.1 Å². The average molecular weight is 274 g/mol. The molecule has 2 rings (SSSR count). The molecule has 3 N–H and O–H groups in total. The fraction of sp³-hybridized carbons (Fsp3) is 0.400. The van der Waals surface area contributed by atoms with Crippen LogP contribution in [0.4, 0.5) is 0 Å². The lowest BCUT2D eigenvalue weighted by Crippen LogP contribution is -2.30. The molecule has 0 radical (unpaired) electrons. The Morgan fingerprint density at radius 2 is 2.15 bits per heavy atom. The molecule has 1 aromatic carbocycles. The molecular weight excluding hydrogens is 252 g/mol. The van der Waals surface area contributed by atoms with E-state index < -0.39 is 0 Å². The van der Waals surface area contributed by atoms with Gasteiger partial charge in [-0.05, 0) is 44.5 Å². The summed E-state index contributed by atoms with van der Waals surface area (Å²) in [7, 11) is 0. The second kappa shape index (κ2) is 6.54. The van der Waals surface area contributed by atoms with Gasteiger partial charge in [0.1, 0.15) is 5.75 Å². The second-order valence-corrected chi connectivity index (χ2v) is 4.63. The van der Waals surface area contributed by atoms with Gasteiger partial charge >= 0.3 is 0 Å². The van der Waals surface area contributed by atoms with Crippen molar-refractivity contribution in [3.63, 3.8) is 0 Å². The van der Waals surface area contributed by atoms with Crippen LogP contribution >= 0.6 is 0 Å². The molecule has 108 valence electrons. The van der Waals surface area contributed by atoms with E-state index in [-0.39, 0.29) is 6.04 Å². The highest BCUT2D eigenvalue weighted by atomic mass is 16.5. The highest BCUT2D eigenvalue weighted by Crippen LogP contribution is 2.25. The van der Waals surface area contributed by atoms with Crippen molar-refractivity contribution in [2.24, 2.45) is 5.84 Å². The van der Waals surface area contributed by atoms with Crippen molar-refractivity contribution in [3.8, 4) is 5.75 Å². The molecule has 1 unspecified atom stereocenters. The molecule has 0 fully saturated rings. The first-order valence-corrected chi connectivity index (χ1v) is 6.92. The summed E-state index contributed by atoms with van der Waals surface area (Å²) in [5, 5.41) is 4.47. The number of ether oxygens (including phenoxy) is 1. The number of aryl methyl sites for hydroxylation is 2. The third kappa shape index (κ3) is 3.00. The monoisotopic (exact) mass is 274 g/mol. The summed E-state index contributed by atoms with van der Waals surface area (Å²) >= 11 is 0. The van der Waals surface area contributed by atoms with E-state index in [4.69, 9.17) is 10.6 Å². The summed E-state index contributed by atoms with van der Waals surface area (Å²) in [5.74, 6) is 6.61. The molecule has 0 spiro atoms. The fourth-order valence-electron chi connectivity index (χ4n) is 2.35. The molecule has 0 amide bonds. The van der Waals surface area contributed by atoms with Crippen molar-refractivity contribution in [3.05, 3.63) is 47.3 Å². The quantitative estimate of drug-likeness (QED) is 0.626. The van der Waals surface area contributed by atoms with Crippen LogP contribution in [0, 0.1) is 6.92 Å². The van der Waals surface area contributed by atoms with E-state index >= 15 is 0 Å². The van der Waals surface area contributed by atoms with Crippen LogP contribution in [0.15, 0.2) is 30.3 Å². The Bertz CT molecular complexity index is 565. The van der Waals surface area contributed by atoms with Gasteiger partial charge in [-0.25, -0.2) is 5.43 Å². The van der Waals surface area contributed by atoms with Crippen LogP contribution in [0.1, 0.15) is 36.8 Å². The van der Waals surface area contributed by atoms with Gasteiger partial charge in [-0.2, -0.15) is 5.10 Å². The minimum atomic E-state index is -0.100. The van der Waals surface area contributed by atoms with Gasteiger partial charge in [0.2, 0.25) is 0 Å². The number of hydrogen-bond donors (Lipinski definition) is 2. The van der Waals surface area contributed by atoms with Crippen molar-refractivity contribution < 1.29 is 4.74 Å². The van der Waals surface area contributed by atoms with E-state index in [0.717, 1.165) is 29.2 Å². The predicted molar refractivity (Wildman–Crippen MR) is 79.4 cm³/mol. The Labute approximate surface area is 119 Å². The molecule has 0 aliphatic rings. The van der Waals surface area contributed by atoms with Crippen molar-refractivity contribution in [1.29, 1.82) is 0 Å². The highest BCUT2D eigenvalue weighted by Gasteiger charge is 2.18. The Morgan fingerprint density at radius 3 is 2.80 bits per heavy atom. The number of aromatic nitrogens is 2. The standard InChI is InChI=1S/C15H22N4O/c1-4-19-14(9-11(3)18-19)15(17-16)12-7-6-8-13(10-12)20-5-2/h6-10,15,17H,4-5,16H2,1-3H3. The number of hydrazine groups is 1. The predicted octanol–water partition coefficient (Wildman–Crippen LogP) is 2.16. The molecule has 1 heterocycles. The van der Waals surface area contributed by atoms with Gasteiger partial charge in [0.05, 0.1) is 24.0 Å². The molecule has 0 saturated heterocycles. The van der Waals surface area contributed by atoms with Gasteiger partial charge < -0.3 is 4.74 Å². The zero-order valence-corrected chi connectivity index (χ0v) is 12.3. The normalized spacial score (nSPS) is 12.4. The van der Waals surface area contributed by atoms with Crippen LogP contribution in [0.5, 0.6) is 5.75 Å². The van der Waals surface area contributed by atoms with Gasteiger partial charge in [0, 0.05) is 6.54 Å². The summed E-state index contributed by atoms with van der Waals surface area (Å²) in [6.07, 6.45) is 0. The molecule has 2 aromatic rings. The summed E-state index contributed by atoms with van der Waals surface area (Å²) in [6, 6.07) is 9.93. The van der Waals surface area contributed by atoms with Crippen LogP contribution in [0.25, 0.3) is 0 Å². The second-order valence-electron chi connectivity index (χ2n) is 4.63. The molecule has 20 heavy (non-hydrogen) atoms. The number of nitrogens with two attached hydrogens (primary N) is 1. The van der Waals surface area contributed by atoms with E-state index in [9.17, 15) is 0 Å². The third-order valence-electron chi connectivity index (χ3n) is 3.20. The number of nitrogens with zero attached hydrogens (tertiary/aromatic N) is 2. The van der Waals surface area contributed by atoms with Crippen molar-refractivity contribution >= 4 is 0 Å². The molecule has 0 bridgehead atoms. The average Bonchev–Trinajstić information content (AvgIpc) is 2.82. The number of benzene rings is 1. The van der Waals surface area contributed by atoms with Gasteiger partial charge in [0.15, 0.2) is 0 Å². The maximum absolute atomic E-state index is 5.76. The first kappa shape index (κ1) is 14.6. The zero-order chi connectivity index (χ0) is 14.5.